The number of aryl methyl sites for hydroxylation is 1. The smallest absolute Gasteiger partial charge is 0.411 e. The summed E-state index contributed by atoms with van der Waals surface area (Å²) in [6.07, 6.45) is -6.19. The number of halogens is 1. The summed E-state index contributed by atoms with van der Waals surface area (Å²) in [6, 6.07) is 12.5. The second-order valence-corrected chi connectivity index (χ2v) is 8.62. The van der Waals surface area contributed by atoms with Crippen molar-refractivity contribution in [1.82, 2.24) is 0 Å². The van der Waals surface area contributed by atoms with E-state index in [2.05, 4.69) is 5.32 Å². The molecule has 1 fully saturated rings. The van der Waals surface area contributed by atoms with Crippen LogP contribution in [-0.4, -0.2) is 69.1 Å². The number of amides is 1. The van der Waals surface area contributed by atoms with E-state index in [-0.39, 0.29) is 19.6 Å². The summed E-state index contributed by atoms with van der Waals surface area (Å²) in [4.78, 5) is 37.3. The molecule has 1 amide bonds. The predicted octanol–water partition coefficient (Wildman–Crippen LogP) is 3.55. The van der Waals surface area contributed by atoms with Crippen LogP contribution in [0, 0.1) is 12.7 Å². The minimum Gasteiger partial charge on any atom is -0.455 e. The molecule has 38 heavy (non-hydrogen) atoms. The molecule has 0 aliphatic carbocycles. The number of hydrogen-bond donors (Lipinski definition) is 1. The number of nitrogens with one attached hydrogen (secondary N) is 1. The average Bonchev–Trinajstić information content (AvgIpc) is 2.87. The van der Waals surface area contributed by atoms with Crippen LogP contribution >= 0.6 is 0 Å². The molecule has 1 saturated heterocycles. The highest BCUT2D eigenvalue weighted by Gasteiger charge is 2.51. The molecule has 1 aliphatic heterocycles. The zero-order valence-corrected chi connectivity index (χ0v) is 21.7. The number of carbonyl (C=O) groups is 3. The number of benzene rings is 2. The number of carbonyl (C=O) groups excluding carboxylic acids is 3. The highest BCUT2D eigenvalue weighted by atomic mass is 19.1. The second-order valence-electron chi connectivity index (χ2n) is 8.62. The van der Waals surface area contributed by atoms with Gasteiger partial charge >= 0.3 is 18.0 Å². The summed E-state index contributed by atoms with van der Waals surface area (Å²) in [5.41, 5.74) is 2.08. The predicted molar refractivity (Wildman–Crippen MR) is 133 cm³/mol. The van der Waals surface area contributed by atoms with Crippen molar-refractivity contribution in [1.29, 1.82) is 0 Å². The van der Waals surface area contributed by atoms with E-state index in [1.807, 2.05) is 19.1 Å². The normalized spacial score (nSPS) is 22.8. The van der Waals surface area contributed by atoms with Gasteiger partial charge in [0.2, 0.25) is 0 Å². The Morgan fingerprint density at radius 1 is 0.974 bits per heavy atom. The SMILES string of the molecule is CCO[C@H]1O[C@H](COC(=O)Nc2ccc(F)cc2)[C@@H](OC(=O)Cc2ccc(C)cc2)[C@H](OC(C)=O)[C@H]1OC. The van der Waals surface area contributed by atoms with Crippen molar-refractivity contribution in [2.24, 2.45) is 0 Å². The van der Waals surface area contributed by atoms with Gasteiger partial charge in [0.1, 0.15) is 24.6 Å². The molecule has 10 nitrogen and oxygen atoms in total. The minimum atomic E-state index is -1.18. The van der Waals surface area contributed by atoms with Crippen molar-refractivity contribution in [2.45, 2.75) is 57.9 Å². The van der Waals surface area contributed by atoms with E-state index in [9.17, 15) is 18.8 Å². The first-order valence-electron chi connectivity index (χ1n) is 12.1. The lowest BCUT2D eigenvalue weighted by atomic mass is 9.98. The van der Waals surface area contributed by atoms with E-state index in [1.165, 1.54) is 38.3 Å². The molecular formula is C27H32FNO9. The van der Waals surface area contributed by atoms with Gasteiger partial charge in [0.15, 0.2) is 18.5 Å². The maximum absolute atomic E-state index is 13.1. The number of anilines is 1. The maximum atomic E-state index is 13.1. The molecule has 0 spiro atoms. The minimum absolute atomic E-state index is 0.0469. The van der Waals surface area contributed by atoms with Crippen LogP contribution in [0.2, 0.25) is 0 Å². The van der Waals surface area contributed by atoms with Gasteiger partial charge in [0, 0.05) is 26.3 Å². The van der Waals surface area contributed by atoms with Gasteiger partial charge in [-0.15, -0.1) is 0 Å². The van der Waals surface area contributed by atoms with Crippen LogP contribution in [-0.2, 0) is 44.4 Å². The van der Waals surface area contributed by atoms with Gasteiger partial charge in [0.25, 0.3) is 0 Å². The zero-order valence-electron chi connectivity index (χ0n) is 21.7. The Bertz CT molecular complexity index is 1080. The van der Waals surface area contributed by atoms with Crippen molar-refractivity contribution in [2.75, 3.05) is 25.6 Å². The Balaban J connectivity index is 1.79. The number of rotatable bonds is 10. The number of esters is 2. The van der Waals surface area contributed by atoms with Crippen LogP contribution in [0.5, 0.6) is 0 Å². The first kappa shape index (κ1) is 29.0. The van der Waals surface area contributed by atoms with Crippen LogP contribution < -0.4 is 5.32 Å². The summed E-state index contributed by atoms with van der Waals surface area (Å²) in [7, 11) is 1.38. The van der Waals surface area contributed by atoms with Crippen molar-refractivity contribution in [3.05, 3.63) is 65.5 Å². The largest absolute Gasteiger partial charge is 0.455 e. The van der Waals surface area contributed by atoms with E-state index in [1.54, 1.807) is 19.1 Å². The summed E-state index contributed by atoms with van der Waals surface area (Å²) in [6.45, 7) is 4.75. The van der Waals surface area contributed by atoms with E-state index in [4.69, 9.17) is 28.4 Å². The Kier molecular flexibility index (Phi) is 10.6. The monoisotopic (exact) mass is 533 g/mol. The van der Waals surface area contributed by atoms with Crippen LogP contribution in [0.1, 0.15) is 25.0 Å². The van der Waals surface area contributed by atoms with Gasteiger partial charge in [-0.05, 0) is 43.7 Å². The van der Waals surface area contributed by atoms with Crippen molar-refractivity contribution in [3.8, 4) is 0 Å². The molecule has 0 saturated carbocycles. The molecule has 1 aliphatic rings. The highest BCUT2D eigenvalue weighted by molar-refractivity contribution is 5.84. The molecule has 206 valence electrons. The quantitative estimate of drug-likeness (QED) is 0.361. The van der Waals surface area contributed by atoms with Gasteiger partial charge in [-0.25, -0.2) is 9.18 Å². The van der Waals surface area contributed by atoms with E-state index >= 15 is 0 Å². The molecule has 0 unspecified atom stereocenters. The Morgan fingerprint density at radius 2 is 1.66 bits per heavy atom. The summed E-state index contributed by atoms with van der Waals surface area (Å²) in [5, 5.41) is 2.47. The Morgan fingerprint density at radius 3 is 2.26 bits per heavy atom. The van der Waals surface area contributed by atoms with Crippen LogP contribution in [0.25, 0.3) is 0 Å². The molecule has 1 N–H and O–H groups in total. The van der Waals surface area contributed by atoms with Crippen LogP contribution in [0.15, 0.2) is 48.5 Å². The Labute approximate surface area is 220 Å². The average molecular weight is 534 g/mol. The summed E-state index contributed by atoms with van der Waals surface area (Å²) >= 11 is 0. The molecule has 0 aromatic heterocycles. The van der Waals surface area contributed by atoms with Crippen LogP contribution in [0.4, 0.5) is 14.9 Å². The first-order valence-corrected chi connectivity index (χ1v) is 12.1. The number of hydrogen-bond acceptors (Lipinski definition) is 9. The topological polar surface area (TPSA) is 119 Å². The van der Waals surface area contributed by atoms with Gasteiger partial charge in [-0.2, -0.15) is 0 Å². The summed E-state index contributed by atoms with van der Waals surface area (Å²) in [5.74, 6) is -1.70. The molecule has 0 bridgehead atoms. The lowest BCUT2D eigenvalue weighted by molar-refractivity contribution is -0.308. The van der Waals surface area contributed by atoms with E-state index in [0.29, 0.717) is 5.69 Å². The molecule has 1 heterocycles. The number of ether oxygens (including phenoxy) is 6. The fourth-order valence-corrected chi connectivity index (χ4v) is 3.94. The standard InChI is InChI=1S/C27H32FNO9/c1-5-34-26-25(33-4)24(36-17(3)30)23(38-22(31)14-18-8-6-16(2)7-9-18)21(37-26)15-35-27(32)29-20-12-10-19(28)11-13-20/h6-13,21,23-26H,5,14-15H2,1-4H3,(H,29,32)/t21-,23-,24+,25-,26+/m1/s1. The molecule has 11 heteroatoms. The highest BCUT2D eigenvalue weighted by Crippen LogP contribution is 2.29. The zero-order chi connectivity index (χ0) is 27.7. The molecule has 2 aromatic rings. The van der Waals surface area contributed by atoms with Gasteiger partial charge in [0.05, 0.1) is 6.42 Å². The fraction of sp³-hybridized carbons (Fsp3) is 0.444. The molecule has 3 rings (SSSR count). The number of methoxy groups -OCH3 is 1. The second kappa shape index (κ2) is 13.8. The van der Waals surface area contributed by atoms with Gasteiger partial charge < -0.3 is 28.4 Å². The van der Waals surface area contributed by atoms with Crippen molar-refractivity contribution < 1.29 is 47.2 Å². The fourth-order valence-electron chi connectivity index (χ4n) is 3.94. The first-order chi connectivity index (χ1) is 18.2. The van der Waals surface area contributed by atoms with Crippen LogP contribution in [0.3, 0.4) is 0 Å². The Hall–Kier alpha value is -3.54. The van der Waals surface area contributed by atoms with Crippen molar-refractivity contribution in [3.63, 3.8) is 0 Å². The van der Waals surface area contributed by atoms with Gasteiger partial charge in [-0.1, -0.05) is 29.8 Å². The van der Waals surface area contributed by atoms with E-state index in [0.717, 1.165) is 11.1 Å². The third kappa shape index (κ3) is 8.23. The molecular weight excluding hydrogens is 501 g/mol. The lowest BCUT2D eigenvalue weighted by Crippen LogP contribution is -2.62. The third-order valence-corrected chi connectivity index (χ3v) is 5.70. The van der Waals surface area contributed by atoms with Crippen molar-refractivity contribution >= 4 is 23.7 Å². The molecule has 0 radical (unpaired) electrons. The molecule has 5 atom stereocenters. The molecule has 2 aromatic carbocycles. The van der Waals surface area contributed by atoms with E-state index < -0.39 is 54.6 Å². The summed E-state index contributed by atoms with van der Waals surface area (Å²) < 4.78 is 46.8. The third-order valence-electron chi connectivity index (χ3n) is 5.70. The maximum Gasteiger partial charge on any atom is 0.411 e. The van der Waals surface area contributed by atoms with Gasteiger partial charge in [-0.3, -0.25) is 14.9 Å². The lowest BCUT2D eigenvalue weighted by Gasteiger charge is -2.44.